The lowest BCUT2D eigenvalue weighted by molar-refractivity contribution is -0.384. The standard InChI is InChI=1S/C16H18N2O5S/c1-2-7-23-16-9-17-13(8-15(16)19)11-24(22)10-12-3-5-14(6-4-12)18(20)21/h3-6,8-9H,2,7,10-11H2,1H3,(H,17,19). The molecule has 0 fully saturated rings. The predicted molar refractivity (Wildman–Crippen MR) is 91.5 cm³/mol. The highest BCUT2D eigenvalue weighted by Crippen LogP contribution is 2.14. The fraction of sp³-hybridized carbons (Fsp3) is 0.312. The summed E-state index contributed by atoms with van der Waals surface area (Å²) in [5, 5.41) is 10.6. The maximum atomic E-state index is 12.2. The van der Waals surface area contributed by atoms with E-state index in [9.17, 15) is 19.1 Å². The molecular weight excluding hydrogens is 332 g/mol. The number of pyridine rings is 1. The van der Waals surface area contributed by atoms with Crippen molar-refractivity contribution in [3.63, 3.8) is 0 Å². The van der Waals surface area contributed by atoms with Gasteiger partial charge in [-0.3, -0.25) is 19.1 Å². The average Bonchev–Trinajstić information content (AvgIpc) is 2.54. The highest BCUT2D eigenvalue weighted by Gasteiger charge is 2.09. The molecule has 1 atom stereocenters. The second kappa shape index (κ2) is 8.39. The fourth-order valence-corrected chi connectivity index (χ4v) is 3.21. The SMILES string of the molecule is CCCOc1c[nH]c(CS(=O)Cc2ccc([N+](=O)[O-])cc2)cc1=O. The van der Waals surface area contributed by atoms with Crippen molar-refractivity contribution in [1.29, 1.82) is 0 Å². The molecule has 0 radical (unpaired) electrons. The van der Waals surface area contributed by atoms with E-state index in [-0.39, 0.29) is 28.4 Å². The van der Waals surface area contributed by atoms with Crippen LogP contribution in [-0.4, -0.2) is 20.7 Å². The molecule has 0 saturated carbocycles. The third kappa shape index (κ3) is 5.02. The molecule has 2 rings (SSSR count). The summed E-state index contributed by atoms with van der Waals surface area (Å²) in [6.07, 6.45) is 2.29. The molecule has 128 valence electrons. The Kier molecular flexibility index (Phi) is 6.25. The number of nitro groups is 1. The largest absolute Gasteiger partial charge is 0.488 e. The maximum Gasteiger partial charge on any atom is 0.269 e. The molecule has 0 aliphatic carbocycles. The third-order valence-electron chi connectivity index (χ3n) is 3.19. The van der Waals surface area contributed by atoms with Crippen LogP contribution in [0.2, 0.25) is 0 Å². The second-order valence-corrected chi connectivity index (χ2v) is 6.64. The van der Waals surface area contributed by atoms with Crippen LogP contribution >= 0.6 is 0 Å². The number of hydrogen-bond acceptors (Lipinski definition) is 5. The van der Waals surface area contributed by atoms with E-state index in [2.05, 4.69) is 4.98 Å². The van der Waals surface area contributed by atoms with Gasteiger partial charge in [0.25, 0.3) is 5.69 Å². The number of benzene rings is 1. The number of hydrogen-bond donors (Lipinski definition) is 1. The van der Waals surface area contributed by atoms with Gasteiger partial charge < -0.3 is 9.72 Å². The molecule has 8 heteroatoms. The van der Waals surface area contributed by atoms with E-state index in [1.165, 1.54) is 24.4 Å². The van der Waals surface area contributed by atoms with Crippen LogP contribution in [-0.2, 0) is 22.3 Å². The van der Waals surface area contributed by atoms with Gasteiger partial charge in [0.1, 0.15) is 0 Å². The first-order chi connectivity index (χ1) is 11.5. The molecule has 1 aromatic carbocycles. The highest BCUT2D eigenvalue weighted by molar-refractivity contribution is 7.83. The molecule has 0 saturated heterocycles. The first-order valence-electron chi connectivity index (χ1n) is 7.42. The Morgan fingerprint density at radius 2 is 1.96 bits per heavy atom. The molecule has 0 aliphatic heterocycles. The predicted octanol–water partition coefficient (Wildman–Crippen LogP) is 2.52. The van der Waals surface area contributed by atoms with Crippen molar-refractivity contribution in [3.8, 4) is 5.75 Å². The van der Waals surface area contributed by atoms with Crippen LogP contribution in [0.4, 0.5) is 5.69 Å². The summed E-state index contributed by atoms with van der Waals surface area (Å²) in [6, 6.07) is 7.32. The Labute approximate surface area is 141 Å². The first-order valence-corrected chi connectivity index (χ1v) is 8.91. The second-order valence-electron chi connectivity index (χ2n) is 5.19. The number of nitrogens with zero attached hydrogens (tertiary/aromatic N) is 1. The first kappa shape index (κ1) is 17.9. The van der Waals surface area contributed by atoms with E-state index in [1.807, 2.05) is 6.92 Å². The van der Waals surface area contributed by atoms with Gasteiger partial charge in [-0.15, -0.1) is 0 Å². The van der Waals surface area contributed by atoms with Crippen molar-refractivity contribution in [2.75, 3.05) is 6.61 Å². The van der Waals surface area contributed by atoms with E-state index in [0.29, 0.717) is 12.3 Å². The topological polar surface area (TPSA) is 102 Å². The van der Waals surface area contributed by atoms with Gasteiger partial charge in [-0.25, -0.2) is 0 Å². The molecule has 7 nitrogen and oxygen atoms in total. The number of H-pyrrole nitrogens is 1. The zero-order valence-corrected chi connectivity index (χ0v) is 14.0. The molecule has 1 heterocycles. The zero-order chi connectivity index (χ0) is 17.5. The fourth-order valence-electron chi connectivity index (χ4n) is 2.03. The van der Waals surface area contributed by atoms with Gasteiger partial charge in [-0.1, -0.05) is 19.1 Å². The van der Waals surface area contributed by atoms with Crippen molar-refractivity contribution in [2.24, 2.45) is 0 Å². The van der Waals surface area contributed by atoms with E-state index in [1.54, 1.807) is 12.1 Å². The van der Waals surface area contributed by atoms with Gasteiger partial charge in [-0.05, 0) is 12.0 Å². The molecule has 1 unspecified atom stereocenters. The number of nitro benzene ring substituents is 1. The summed E-state index contributed by atoms with van der Waals surface area (Å²) < 4.78 is 17.5. The van der Waals surface area contributed by atoms with Crippen molar-refractivity contribution in [1.82, 2.24) is 4.98 Å². The molecule has 0 bridgehead atoms. The minimum Gasteiger partial charge on any atom is -0.488 e. The minimum absolute atomic E-state index is 0.00321. The molecule has 0 aliphatic rings. The summed E-state index contributed by atoms with van der Waals surface area (Å²) in [4.78, 5) is 24.9. The van der Waals surface area contributed by atoms with E-state index in [4.69, 9.17) is 4.74 Å². The Morgan fingerprint density at radius 1 is 1.25 bits per heavy atom. The normalized spacial score (nSPS) is 11.9. The zero-order valence-electron chi connectivity index (χ0n) is 13.2. The van der Waals surface area contributed by atoms with Gasteiger partial charge in [0.15, 0.2) is 5.75 Å². The van der Waals surface area contributed by atoms with Crippen molar-refractivity contribution >= 4 is 16.5 Å². The molecule has 0 amide bonds. The lowest BCUT2D eigenvalue weighted by Crippen LogP contribution is -2.11. The number of rotatable bonds is 8. The van der Waals surface area contributed by atoms with Crippen LogP contribution in [0, 0.1) is 10.1 Å². The Hall–Kier alpha value is -2.48. The Balaban J connectivity index is 1.98. The molecule has 0 spiro atoms. The van der Waals surface area contributed by atoms with Crippen molar-refractivity contribution in [2.45, 2.75) is 24.9 Å². The molecule has 24 heavy (non-hydrogen) atoms. The van der Waals surface area contributed by atoms with Crippen LogP contribution in [0.1, 0.15) is 24.6 Å². The van der Waals surface area contributed by atoms with E-state index >= 15 is 0 Å². The molecular formula is C16H18N2O5S. The summed E-state index contributed by atoms with van der Waals surface area (Å²) in [7, 11) is -1.24. The Morgan fingerprint density at radius 3 is 2.54 bits per heavy atom. The average molecular weight is 350 g/mol. The summed E-state index contributed by atoms with van der Waals surface area (Å²) in [5.41, 5.74) is 1.05. The van der Waals surface area contributed by atoms with Gasteiger partial charge in [0, 0.05) is 46.6 Å². The summed E-state index contributed by atoms with van der Waals surface area (Å²) in [5.74, 6) is 0.704. The lowest BCUT2D eigenvalue weighted by atomic mass is 10.2. The summed E-state index contributed by atoms with van der Waals surface area (Å²) in [6.45, 7) is 2.42. The molecule has 1 aromatic heterocycles. The van der Waals surface area contributed by atoms with Crippen LogP contribution < -0.4 is 10.2 Å². The number of aromatic amines is 1. The van der Waals surface area contributed by atoms with Crippen LogP contribution in [0.5, 0.6) is 5.75 Å². The van der Waals surface area contributed by atoms with Gasteiger partial charge in [0.05, 0.1) is 17.3 Å². The van der Waals surface area contributed by atoms with Crippen LogP contribution in [0.25, 0.3) is 0 Å². The minimum atomic E-state index is -1.24. The molecule has 2 aromatic rings. The van der Waals surface area contributed by atoms with Crippen molar-refractivity contribution < 1.29 is 13.9 Å². The smallest absolute Gasteiger partial charge is 0.269 e. The van der Waals surface area contributed by atoms with Gasteiger partial charge >= 0.3 is 0 Å². The highest BCUT2D eigenvalue weighted by atomic mass is 32.2. The number of aromatic nitrogens is 1. The van der Waals surface area contributed by atoms with Gasteiger partial charge in [-0.2, -0.15) is 0 Å². The van der Waals surface area contributed by atoms with Gasteiger partial charge in [0.2, 0.25) is 5.43 Å². The maximum absolute atomic E-state index is 12.2. The Bertz CT molecular complexity index is 786. The monoisotopic (exact) mass is 350 g/mol. The summed E-state index contributed by atoms with van der Waals surface area (Å²) >= 11 is 0. The van der Waals surface area contributed by atoms with Crippen LogP contribution in [0.3, 0.4) is 0 Å². The quantitative estimate of drug-likeness (QED) is 0.582. The van der Waals surface area contributed by atoms with Crippen molar-refractivity contribution in [3.05, 3.63) is 68.1 Å². The van der Waals surface area contributed by atoms with E-state index < -0.39 is 15.7 Å². The third-order valence-corrected chi connectivity index (χ3v) is 4.48. The lowest BCUT2D eigenvalue weighted by Gasteiger charge is -2.06. The molecule has 1 N–H and O–H groups in total. The number of nitrogens with one attached hydrogen (secondary N) is 1. The van der Waals surface area contributed by atoms with E-state index in [0.717, 1.165) is 12.0 Å². The van der Waals surface area contributed by atoms with Crippen LogP contribution in [0.15, 0.2) is 41.3 Å². The number of ether oxygens (including phenoxy) is 1. The number of non-ortho nitro benzene ring substituents is 1.